The number of methoxy groups -OCH3 is 1. The zero-order valence-corrected chi connectivity index (χ0v) is 23.4. The lowest BCUT2D eigenvalue weighted by Gasteiger charge is -2.60. The van der Waals surface area contributed by atoms with Gasteiger partial charge in [0.1, 0.15) is 0 Å². The summed E-state index contributed by atoms with van der Waals surface area (Å²) in [6, 6.07) is 0.608. The first-order valence-electron chi connectivity index (χ1n) is 15.7. The third-order valence-electron chi connectivity index (χ3n) is 13.9. The molecule has 1 N–H and O–H groups in total. The van der Waals surface area contributed by atoms with Crippen molar-refractivity contribution in [2.45, 2.75) is 102 Å². The molecule has 0 radical (unpaired) electrons. The van der Waals surface area contributed by atoms with Gasteiger partial charge in [-0.15, -0.1) is 0 Å². The molecule has 0 amide bonds. The Morgan fingerprint density at radius 1 is 1.11 bits per heavy atom. The molecule has 0 aromatic heterocycles. The maximum Gasteiger partial charge on any atom is 0.0793 e. The Bertz CT molecular complexity index is 984. The standard InChI is InChI=1S/C32H49NO4/c1-20-14-27-28(33(18-20)10-11-36-13-12-35-3)26-17-31-19-30(31)16-25-23(24(30)7-9-32(26,31)37-27)5-4-21-15-22(34)6-8-29(21,25)2/h4,20,22-28,34H,5-19H2,1-3H3/t20-,22-,23?,24-,25-,26+,27+,28-,29-,30?,31?,32+/m0/s1. The van der Waals surface area contributed by atoms with Crippen LogP contribution in [0.4, 0.5) is 0 Å². The summed E-state index contributed by atoms with van der Waals surface area (Å²) in [6.07, 6.45) is 15.6. The Labute approximate surface area is 223 Å². The van der Waals surface area contributed by atoms with Crippen molar-refractivity contribution in [1.29, 1.82) is 0 Å². The molecule has 0 aromatic carbocycles. The van der Waals surface area contributed by atoms with Gasteiger partial charge in [-0.2, -0.15) is 0 Å². The first-order valence-corrected chi connectivity index (χ1v) is 15.7. The average Bonchev–Trinajstić information content (AvgIpc) is 3.35. The van der Waals surface area contributed by atoms with E-state index >= 15 is 0 Å². The van der Waals surface area contributed by atoms with Crippen molar-refractivity contribution in [3.63, 3.8) is 0 Å². The highest BCUT2D eigenvalue weighted by atomic mass is 16.5. The summed E-state index contributed by atoms with van der Waals surface area (Å²) in [6.45, 7) is 9.43. The fourth-order valence-electron chi connectivity index (χ4n) is 12.6. The molecule has 12 atom stereocenters. The van der Waals surface area contributed by atoms with Crippen LogP contribution in [-0.4, -0.2) is 73.9 Å². The highest BCUT2D eigenvalue weighted by molar-refractivity contribution is 5.42. The van der Waals surface area contributed by atoms with Gasteiger partial charge in [0.15, 0.2) is 0 Å². The zero-order valence-electron chi connectivity index (χ0n) is 23.4. The van der Waals surface area contributed by atoms with Crippen molar-refractivity contribution < 1.29 is 19.3 Å². The summed E-state index contributed by atoms with van der Waals surface area (Å²) < 4.78 is 18.5. The fourth-order valence-corrected chi connectivity index (χ4v) is 12.6. The number of hydrogen-bond acceptors (Lipinski definition) is 5. The number of rotatable bonds is 6. The van der Waals surface area contributed by atoms with E-state index in [9.17, 15) is 5.11 Å². The van der Waals surface area contributed by atoms with Gasteiger partial charge in [-0.3, -0.25) is 4.90 Å². The van der Waals surface area contributed by atoms with E-state index in [2.05, 4.69) is 24.8 Å². The Morgan fingerprint density at radius 3 is 2.86 bits per heavy atom. The van der Waals surface area contributed by atoms with Gasteiger partial charge >= 0.3 is 0 Å². The molecule has 2 saturated heterocycles. The van der Waals surface area contributed by atoms with Crippen molar-refractivity contribution in [3.05, 3.63) is 11.6 Å². The number of fused-ring (bicyclic) bond motifs is 6. The number of piperidine rings is 1. The van der Waals surface area contributed by atoms with Crippen LogP contribution in [0, 0.1) is 45.8 Å². The van der Waals surface area contributed by atoms with Gasteiger partial charge in [0, 0.05) is 37.6 Å². The maximum absolute atomic E-state index is 10.4. The molecule has 8 aliphatic rings. The van der Waals surface area contributed by atoms with Gasteiger partial charge in [0.05, 0.1) is 37.6 Å². The van der Waals surface area contributed by atoms with Crippen LogP contribution in [-0.2, 0) is 14.2 Å². The highest BCUT2D eigenvalue weighted by Gasteiger charge is 2.91. The number of allylic oxidation sites excluding steroid dienone is 1. The minimum Gasteiger partial charge on any atom is -0.393 e. The Hall–Kier alpha value is -0.460. The molecule has 2 heterocycles. The van der Waals surface area contributed by atoms with Crippen LogP contribution < -0.4 is 0 Å². The molecular weight excluding hydrogens is 462 g/mol. The van der Waals surface area contributed by atoms with E-state index in [1.54, 1.807) is 12.7 Å². The molecule has 0 bridgehead atoms. The van der Waals surface area contributed by atoms with Crippen LogP contribution in [0.25, 0.3) is 0 Å². The second-order valence-electron chi connectivity index (χ2n) is 15.1. The van der Waals surface area contributed by atoms with Crippen molar-refractivity contribution >= 4 is 0 Å². The van der Waals surface area contributed by atoms with E-state index in [4.69, 9.17) is 14.2 Å². The zero-order chi connectivity index (χ0) is 25.2. The van der Waals surface area contributed by atoms with Crippen molar-refractivity contribution in [1.82, 2.24) is 4.90 Å². The largest absolute Gasteiger partial charge is 0.393 e. The van der Waals surface area contributed by atoms with Crippen LogP contribution in [0.2, 0.25) is 0 Å². The van der Waals surface area contributed by atoms with Gasteiger partial charge < -0.3 is 19.3 Å². The maximum atomic E-state index is 10.4. The smallest absolute Gasteiger partial charge is 0.0793 e. The van der Waals surface area contributed by atoms with E-state index in [-0.39, 0.29) is 11.7 Å². The molecule has 6 aliphatic carbocycles. The monoisotopic (exact) mass is 511 g/mol. The molecule has 3 unspecified atom stereocenters. The number of aliphatic hydroxyl groups excluding tert-OH is 1. The molecule has 2 aliphatic heterocycles. The molecule has 3 spiro atoms. The van der Waals surface area contributed by atoms with Gasteiger partial charge in [-0.1, -0.05) is 25.5 Å². The lowest BCUT2D eigenvalue weighted by Crippen LogP contribution is -2.64. The Morgan fingerprint density at radius 2 is 2.00 bits per heavy atom. The van der Waals surface area contributed by atoms with Gasteiger partial charge in [-0.05, 0) is 98.7 Å². The fraction of sp³-hybridized carbons (Fsp3) is 0.938. The third kappa shape index (κ3) is 2.94. The SMILES string of the molecule is COCCOCCN1C[C@@H](C)C[C@H]2O[C@@]34CC[C@H]5C6CC=C7C[C@@H](O)CC[C@]7(C)[C@H]6CC56CC63C[C@@H]4[C@@H]21. The van der Waals surface area contributed by atoms with Crippen LogP contribution >= 0.6 is 0 Å². The van der Waals surface area contributed by atoms with E-state index in [1.165, 1.54) is 57.9 Å². The molecule has 5 nitrogen and oxygen atoms in total. The van der Waals surface area contributed by atoms with Crippen LogP contribution in [0.1, 0.15) is 78.1 Å². The number of likely N-dealkylation sites (tertiary alicyclic amines) is 1. The van der Waals surface area contributed by atoms with Crippen LogP contribution in [0.15, 0.2) is 11.6 Å². The normalized spacial score (nSPS) is 57.0. The molecule has 5 heteroatoms. The van der Waals surface area contributed by atoms with Crippen molar-refractivity contribution in [2.75, 3.05) is 40.0 Å². The molecule has 7 fully saturated rings. The number of hydrogen-bond donors (Lipinski definition) is 1. The second kappa shape index (κ2) is 8.06. The average molecular weight is 512 g/mol. The number of aliphatic hydroxyl groups is 1. The summed E-state index contributed by atoms with van der Waals surface area (Å²) in [7, 11) is 1.75. The highest BCUT2D eigenvalue weighted by Crippen LogP contribution is 2.93. The van der Waals surface area contributed by atoms with Gasteiger partial charge in [0.2, 0.25) is 0 Å². The lowest BCUT2D eigenvalue weighted by atomic mass is 9.47. The molecule has 0 aromatic rings. The van der Waals surface area contributed by atoms with Gasteiger partial charge in [0.25, 0.3) is 0 Å². The summed E-state index contributed by atoms with van der Waals surface area (Å²) in [5.74, 6) is 4.07. The lowest BCUT2D eigenvalue weighted by molar-refractivity contribution is -0.211. The Balaban J connectivity index is 1.04. The van der Waals surface area contributed by atoms with Crippen molar-refractivity contribution in [2.24, 2.45) is 45.8 Å². The molecule has 8 rings (SSSR count). The Kier molecular flexibility index (Phi) is 5.30. The summed E-state index contributed by atoms with van der Waals surface area (Å²) >= 11 is 0. The predicted molar refractivity (Wildman–Crippen MR) is 142 cm³/mol. The number of ether oxygens (including phenoxy) is 3. The van der Waals surface area contributed by atoms with Crippen LogP contribution in [0.3, 0.4) is 0 Å². The first kappa shape index (κ1) is 24.3. The topological polar surface area (TPSA) is 51.2 Å². The first-order chi connectivity index (χ1) is 17.9. The summed E-state index contributed by atoms with van der Waals surface area (Å²) in [5.41, 5.74) is 3.17. The number of nitrogens with zero attached hydrogens (tertiary/aromatic N) is 1. The van der Waals surface area contributed by atoms with Crippen LogP contribution in [0.5, 0.6) is 0 Å². The van der Waals surface area contributed by atoms with Crippen molar-refractivity contribution in [3.8, 4) is 0 Å². The molecular formula is C32H49NO4. The third-order valence-corrected chi connectivity index (χ3v) is 13.9. The van der Waals surface area contributed by atoms with Gasteiger partial charge in [-0.25, -0.2) is 0 Å². The van der Waals surface area contributed by atoms with E-state index in [0.717, 1.165) is 49.7 Å². The molecule has 5 saturated carbocycles. The molecule has 206 valence electrons. The molecule has 37 heavy (non-hydrogen) atoms. The minimum atomic E-state index is -0.105. The minimum absolute atomic E-state index is 0.105. The van der Waals surface area contributed by atoms with E-state index in [0.29, 0.717) is 47.5 Å². The predicted octanol–water partition coefficient (Wildman–Crippen LogP) is 4.82. The summed E-state index contributed by atoms with van der Waals surface area (Å²) in [5, 5.41) is 10.4. The second-order valence-corrected chi connectivity index (χ2v) is 15.1. The van der Waals surface area contributed by atoms with E-state index < -0.39 is 0 Å². The summed E-state index contributed by atoms with van der Waals surface area (Å²) in [4.78, 5) is 2.78. The quantitative estimate of drug-likeness (QED) is 0.409. The van der Waals surface area contributed by atoms with E-state index in [1.807, 2.05) is 0 Å².